The maximum absolute atomic E-state index is 12.7. The number of benzene rings is 1. The molecule has 6 nitrogen and oxygen atoms in total. The fourth-order valence-electron chi connectivity index (χ4n) is 3.35. The Morgan fingerprint density at radius 3 is 2.81 bits per heavy atom. The molecule has 0 saturated heterocycles. The average molecular weight is 444 g/mol. The van der Waals surface area contributed by atoms with Gasteiger partial charge in [0.15, 0.2) is 17.6 Å². The molecule has 7 heteroatoms. The Labute approximate surface area is 187 Å². The smallest absolute Gasteiger partial charge is 0.331 e. The Morgan fingerprint density at radius 2 is 2.03 bits per heavy atom. The summed E-state index contributed by atoms with van der Waals surface area (Å²) in [5.41, 5.74) is 1.96. The van der Waals surface area contributed by atoms with Crippen LogP contribution in [0.15, 0.2) is 35.7 Å². The first-order chi connectivity index (χ1) is 15.0. The summed E-state index contributed by atoms with van der Waals surface area (Å²) in [6.07, 6.45) is 3.89. The third kappa shape index (κ3) is 6.10. The van der Waals surface area contributed by atoms with Crippen molar-refractivity contribution in [2.24, 2.45) is 0 Å². The Balaban J connectivity index is 1.57. The van der Waals surface area contributed by atoms with Gasteiger partial charge in [-0.3, -0.25) is 4.79 Å². The van der Waals surface area contributed by atoms with Gasteiger partial charge in [0.2, 0.25) is 0 Å². The lowest BCUT2D eigenvalue weighted by Gasteiger charge is -2.29. The van der Waals surface area contributed by atoms with Gasteiger partial charge in [-0.25, -0.2) is 4.79 Å². The van der Waals surface area contributed by atoms with Crippen LogP contribution < -0.4 is 9.47 Å². The van der Waals surface area contributed by atoms with Crippen molar-refractivity contribution >= 4 is 29.3 Å². The van der Waals surface area contributed by atoms with E-state index in [9.17, 15) is 9.59 Å². The summed E-state index contributed by atoms with van der Waals surface area (Å²) in [5, 5.41) is 2.05. The van der Waals surface area contributed by atoms with Crippen LogP contribution in [0, 0.1) is 0 Å². The average Bonchev–Trinajstić information content (AvgIpc) is 3.24. The molecule has 0 bridgehead atoms. The van der Waals surface area contributed by atoms with Crippen molar-refractivity contribution in [2.45, 2.75) is 46.3 Å². The summed E-state index contributed by atoms with van der Waals surface area (Å²) in [6, 6.07) is 7.54. The molecule has 0 fully saturated rings. The molecular formula is C24H29NO5S. The third-order valence-corrected chi connectivity index (χ3v) is 5.92. The van der Waals surface area contributed by atoms with E-state index >= 15 is 0 Å². The van der Waals surface area contributed by atoms with Crippen LogP contribution in [0.5, 0.6) is 11.5 Å². The highest BCUT2D eigenvalue weighted by atomic mass is 32.1. The predicted molar refractivity (Wildman–Crippen MR) is 121 cm³/mol. The van der Waals surface area contributed by atoms with Crippen molar-refractivity contribution in [3.63, 3.8) is 0 Å². The molecule has 0 aliphatic carbocycles. The van der Waals surface area contributed by atoms with Crippen molar-refractivity contribution in [2.75, 3.05) is 19.8 Å². The highest BCUT2D eigenvalue weighted by Gasteiger charge is 2.27. The number of nitrogens with zero attached hydrogens (tertiary/aromatic N) is 1. The lowest BCUT2D eigenvalue weighted by atomic mass is 10.1. The minimum absolute atomic E-state index is 0.172. The van der Waals surface area contributed by atoms with E-state index in [4.69, 9.17) is 14.2 Å². The minimum Gasteiger partial charge on any atom is -0.490 e. The SMILES string of the molecule is CCCOc1ccc(/C=C/C(=O)OC(C)C(=O)N2CCc3sccc3C2)cc1OCC. The number of hydrogen-bond acceptors (Lipinski definition) is 6. The number of carbonyl (C=O) groups is 2. The molecule has 1 aromatic heterocycles. The summed E-state index contributed by atoms with van der Waals surface area (Å²) < 4.78 is 16.7. The van der Waals surface area contributed by atoms with Crippen LogP contribution in [-0.4, -0.2) is 42.6 Å². The van der Waals surface area contributed by atoms with Gasteiger partial charge in [0.25, 0.3) is 5.91 Å². The number of amides is 1. The molecule has 0 saturated carbocycles. The standard InChI is InChI=1S/C24H29NO5S/c1-4-13-29-20-8-6-18(15-21(20)28-5-2)7-9-23(26)30-17(3)24(27)25-12-10-22-19(16-25)11-14-31-22/h6-9,11,14-15,17H,4-5,10,12-13,16H2,1-3H3/b9-7+. The van der Waals surface area contributed by atoms with Crippen molar-refractivity contribution in [1.29, 1.82) is 0 Å². The van der Waals surface area contributed by atoms with E-state index in [0.717, 1.165) is 18.4 Å². The molecule has 1 aliphatic rings. The first-order valence-corrected chi connectivity index (χ1v) is 11.5. The number of rotatable bonds is 9. The summed E-state index contributed by atoms with van der Waals surface area (Å²) in [6.45, 7) is 7.91. The largest absolute Gasteiger partial charge is 0.490 e. The molecule has 2 heterocycles. The van der Waals surface area contributed by atoms with Gasteiger partial charge < -0.3 is 19.1 Å². The zero-order chi connectivity index (χ0) is 22.2. The summed E-state index contributed by atoms with van der Waals surface area (Å²) >= 11 is 1.72. The van der Waals surface area contributed by atoms with Crippen molar-refractivity contribution in [3.05, 3.63) is 51.7 Å². The zero-order valence-electron chi connectivity index (χ0n) is 18.3. The first kappa shape index (κ1) is 22.9. The van der Waals surface area contributed by atoms with E-state index in [1.54, 1.807) is 29.2 Å². The lowest BCUT2D eigenvalue weighted by Crippen LogP contribution is -2.42. The van der Waals surface area contributed by atoms with Crippen molar-refractivity contribution < 1.29 is 23.8 Å². The minimum atomic E-state index is -0.832. The van der Waals surface area contributed by atoms with Crippen LogP contribution in [0.2, 0.25) is 0 Å². The van der Waals surface area contributed by atoms with E-state index in [1.807, 2.05) is 43.5 Å². The molecule has 0 spiro atoms. The van der Waals surface area contributed by atoms with Gasteiger partial charge in [-0.05, 0) is 67.5 Å². The molecule has 31 heavy (non-hydrogen) atoms. The monoisotopic (exact) mass is 443 g/mol. The van der Waals surface area contributed by atoms with Gasteiger partial charge in [0, 0.05) is 24.0 Å². The Kier molecular flexibility index (Phi) is 8.12. The normalized spacial score (nSPS) is 14.2. The van der Waals surface area contributed by atoms with Crippen LogP contribution in [0.4, 0.5) is 0 Å². The molecule has 2 aromatic rings. The number of esters is 1. The molecule has 1 unspecified atom stereocenters. The van der Waals surface area contributed by atoms with E-state index < -0.39 is 12.1 Å². The van der Waals surface area contributed by atoms with E-state index in [2.05, 4.69) is 0 Å². The summed E-state index contributed by atoms with van der Waals surface area (Å²) in [7, 11) is 0. The lowest BCUT2D eigenvalue weighted by molar-refractivity contribution is -0.155. The van der Waals surface area contributed by atoms with Gasteiger partial charge in [0.05, 0.1) is 13.2 Å². The van der Waals surface area contributed by atoms with Gasteiger partial charge >= 0.3 is 5.97 Å². The number of hydrogen-bond donors (Lipinski definition) is 0. The third-order valence-electron chi connectivity index (χ3n) is 4.90. The fraction of sp³-hybridized carbons (Fsp3) is 0.417. The molecule has 166 valence electrons. The molecule has 1 atom stereocenters. The van der Waals surface area contributed by atoms with Crippen LogP contribution in [-0.2, 0) is 27.3 Å². The molecule has 0 N–H and O–H groups in total. The van der Waals surface area contributed by atoms with E-state index in [1.165, 1.54) is 16.5 Å². The number of ether oxygens (including phenoxy) is 3. The predicted octanol–water partition coefficient (Wildman–Crippen LogP) is 4.47. The second-order valence-electron chi connectivity index (χ2n) is 7.28. The van der Waals surface area contributed by atoms with Gasteiger partial charge in [-0.15, -0.1) is 11.3 Å². The van der Waals surface area contributed by atoms with Crippen LogP contribution in [0.1, 0.15) is 43.2 Å². The fourth-order valence-corrected chi connectivity index (χ4v) is 4.24. The Morgan fingerprint density at radius 1 is 1.19 bits per heavy atom. The van der Waals surface area contributed by atoms with Gasteiger partial charge in [-0.2, -0.15) is 0 Å². The molecule has 0 radical (unpaired) electrons. The maximum Gasteiger partial charge on any atom is 0.331 e. The zero-order valence-corrected chi connectivity index (χ0v) is 19.1. The van der Waals surface area contributed by atoms with Crippen molar-refractivity contribution in [1.82, 2.24) is 4.90 Å². The van der Waals surface area contributed by atoms with Gasteiger partial charge in [-0.1, -0.05) is 13.0 Å². The van der Waals surface area contributed by atoms with Gasteiger partial charge in [0.1, 0.15) is 0 Å². The second-order valence-corrected chi connectivity index (χ2v) is 8.28. The van der Waals surface area contributed by atoms with E-state index in [0.29, 0.717) is 37.8 Å². The molecule has 1 amide bonds. The highest BCUT2D eigenvalue weighted by molar-refractivity contribution is 7.10. The second kappa shape index (κ2) is 11.0. The first-order valence-electron chi connectivity index (χ1n) is 10.6. The number of fused-ring (bicyclic) bond motifs is 1. The quantitative estimate of drug-likeness (QED) is 0.423. The summed E-state index contributed by atoms with van der Waals surface area (Å²) in [4.78, 5) is 28.0. The number of carbonyl (C=O) groups excluding carboxylic acids is 2. The Hall–Kier alpha value is -2.80. The van der Waals surface area contributed by atoms with E-state index in [-0.39, 0.29) is 5.91 Å². The molecule has 1 aliphatic heterocycles. The summed E-state index contributed by atoms with van der Waals surface area (Å²) in [5.74, 6) is 0.582. The topological polar surface area (TPSA) is 65.1 Å². The van der Waals surface area contributed by atoms with Crippen LogP contribution >= 0.6 is 11.3 Å². The van der Waals surface area contributed by atoms with Crippen molar-refractivity contribution in [3.8, 4) is 11.5 Å². The van der Waals surface area contributed by atoms with Crippen LogP contribution in [0.3, 0.4) is 0 Å². The molecule has 1 aromatic carbocycles. The Bertz CT molecular complexity index is 936. The van der Waals surface area contributed by atoms with Crippen LogP contribution in [0.25, 0.3) is 6.08 Å². The molecule has 3 rings (SSSR count). The molecular weight excluding hydrogens is 414 g/mol. The highest BCUT2D eigenvalue weighted by Crippen LogP contribution is 2.29. The number of thiophene rings is 1. The maximum atomic E-state index is 12.7.